The van der Waals surface area contributed by atoms with Crippen LogP contribution in [0.3, 0.4) is 0 Å². The van der Waals surface area contributed by atoms with Gasteiger partial charge in [0.25, 0.3) is 5.69 Å². The molecule has 2 amide bonds. The van der Waals surface area contributed by atoms with Crippen molar-refractivity contribution >= 4 is 40.7 Å². The maximum absolute atomic E-state index is 12.8. The van der Waals surface area contributed by atoms with Gasteiger partial charge in [0.2, 0.25) is 0 Å². The number of nitro benzene ring substituents is 1. The van der Waals surface area contributed by atoms with Crippen LogP contribution in [0.1, 0.15) is 23.4 Å². The fourth-order valence-electron chi connectivity index (χ4n) is 3.23. The zero-order valence-electron chi connectivity index (χ0n) is 18.5. The van der Waals surface area contributed by atoms with Crippen molar-refractivity contribution in [3.63, 3.8) is 0 Å². The molecule has 1 aliphatic rings. The fraction of sp³-hybridized carbons (Fsp3) is 0.286. The number of halogens is 3. The highest BCUT2D eigenvalue weighted by Gasteiger charge is 2.35. The first-order chi connectivity index (χ1) is 17.0. The predicted octanol–water partition coefficient (Wildman–Crippen LogP) is 3.50. The third-order valence-corrected chi connectivity index (χ3v) is 5.74. The Hall–Kier alpha value is -4.14. The first kappa shape index (κ1) is 26.5. The number of nitro groups is 1. The molecule has 1 atom stereocenters. The standard InChI is InChI=1S/C21H19F3N4O7S/c1-2-34-19(30)17-13(26-20(31)27-18(17)15-4-3-7-36-15)10-35-16(29)9-25-12-6-5-11(21(22,23)24)8-14(12)28(32)33/h3-8,18,25H,2,9-10H2,1H3,(H2,26,27,31). The number of rotatable bonds is 9. The van der Waals surface area contributed by atoms with E-state index in [0.29, 0.717) is 17.0 Å². The average molecular weight is 528 g/mol. The number of alkyl halides is 3. The van der Waals surface area contributed by atoms with E-state index in [4.69, 9.17) is 9.47 Å². The molecule has 15 heteroatoms. The lowest BCUT2D eigenvalue weighted by Gasteiger charge is -2.28. The van der Waals surface area contributed by atoms with Gasteiger partial charge in [0.1, 0.15) is 18.8 Å². The van der Waals surface area contributed by atoms with Gasteiger partial charge in [-0.15, -0.1) is 11.3 Å². The molecule has 1 unspecified atom stereocenters. The highest BCUT2D eigenvalue weighted by atomic mass is 32.1. The highest BCUT2D eigenvalue weighted by Crippen LogP contribution is 2.35. The van der Waals surface area contributed by atoms with Crippen LogP contribution >= 0.6 is 11.3 Å². The van der Waals surface area contributed by atoms with Crippen LogP contribution in [0.2, 0.25) is 0 Å². The maximum atomic E-state index is 12.8. The number of esters is 2. The van der Waals surface area contributed by atoms with Crippen LogP contribution in [-0.2, 0) is 25.2 Å². The van der Waals surface area contributed by atoms with E-state index in [9.17, 15) is 37.7 Å². The summed E-state index contributed by atoms with van der Waals surface area (Å²) in [6, 6.07) is 3.73. The summed E-state index contributed by atoms with van der Waals surface area (Å²) in [5.74, 6) is -1.70. The quantitative estimate of drug-likeness (QED) is 0.254. The summed E-state index contributed by atoms with van der Waals surface area (Å²) in [5.41, 5.74) is -2.43. The second-order valence-corrected chi connectivity index (χ2v) is 8.14. The molecule has 3 rings (SSSR count). The van der Waals surface area contributed by atoms with Gasteiger partial charge < -0.3 is 25.4 Å². The lowest BCUT2D eigenvalue weighted by molar-refractivity contribution is -0.384. The first-order valence-corrected chi connectivity index (χ1v) is 11.2. The van der Waals surface area contributed by atoms with Gasteiger partial charge in [-0.2, -0.15) is 13.2 Å². The van der Waals surface area contributed by atoms with Crippen molar-refractivity contribution in [2.75, 3.05) is 25.1 Å². The molecule has 0 radical (unpaired) electrons. The van der Waals surface area contributed by atoms with Gasteiger partial charge in [-0.05, 0) is 30.5 Å². The van der Waals surface area contributed by atoms with Crippen LogP contribution < -0.4 is 16.0 Å². The molecule has 1 aliphatic heterocycles. The van der Waals surface area contributed by atoms with Crippen molar-refractivity contribution in [2.24, 2.45) is 0 Å². The summed E-state index contributed by atoms with van der Waals surface area (Å²) in [4.78, 5) is 47.8. The number of amides is 2. The molecule has 2 heterocycles. The maximum Gasteiger partial charge on any atom is 0.416 e. The molecule has 0 spiro atoms. The van der Waals surface area contributed by atoms with E-state index in [1.807, 2.05) is 0 Å². The van der Waals surface area contributed by atoms with Crippen molar-refractivity contribution in [3.8, 4) is 0 Å². The lowest BCUT2D eigenvalue weighted by Crippen LogP contribution is -2.47. The first-order valence-electron chi connectivity index (χ1n) is 10.3. The molecule has 192 valence electrons. The van der Waals surface area contributed by atoms with E-state index in [1.54, 1.807) is 24.4 Å². The van der Waals surface area contributed by atoms with Crippen LogP contribution in [0.15, 0.2) is 47.0 Å². The van der Waals surface area contributed by atoms with Crippen molar-refractivity contribution in [2.45, 2.75) is 19.1 Å². The number of carbonyl (C=O) groups excluding carboxylic acids is 3. The Morgan fingerprint density at radius 1 is 1.25 bits per heavy atom. The molecule has 1 aromatic carbocycles. The van der Waals surface area contributed by atoms with E-state index in [1.165, 1.54) is 11.3 Å². The topological polar surface area (TPSA) is 149 Å². The Morgan fingerprint density at radius 2 is 2.00 bits per heavy atom. The zero-order valence-corrected chi connectivity index (χ0v) is 19.3. The molecule has 2 aromatic rings. The number of thiophene rings is 1. The minimum absolute atomic E-state index is 0.0236. The minimum Gasteiger partial charge on any atom is -0.463 e. The Balaban J connectivity index is 1.74. The Kier molecular flexibility index (Phi) is 8.14. The van der Waals surface area contributed by atoms with Crippen LogP contribution in [0.25, 0.3) is 0 Å². The van der Waals surface area contributed by atoms with E-state index in [2.05, 4.69) is 16.0 Å². The minimum atomic E-state index is -4.78. The van der Waals surface area contributed by atoms with Gasteiger partial charge in [-0.3, -0.25) is 14.9 Å². The summed E-state index contributed by atoms with van der Waals surface area (Å²) >= 11 is 1.28. The number of ether oxygens (including phenoxy) is 2. The van der Waals surface area contributed by atoms with Gasteiger partial charge in [-0.1, -0.05) is 6.07 Å². The third-order valence-electron chi connectivity index (χ3n) is 4.80. The van der Waals surface area contributed by atoms with Gasteiger partial charge in [0.15, 0.2) is 0 Å². The molecule has 1 aromatic heterocycles. The number of carbonyl (C=O) groups is 3. The number of nitrogens with one attached hydrogen (secondary N) is 3. The molecule has 11 nitrogen and oxygen atoms in total. The van der Waals surface area contributed by atoms with Crippen LogP contribution in [-0.4, -0.2) is 42.7 Å². The molecule has 0 saturated heterocycles. The SMILES string of the molecule is CCOC(=O)C1=C(COC(=O)CNc2ccc(C(F)(F)F)cc2[N+](=O)[O-])NC(=O)NC1c1cccs1. The molecule has 36 heavy (non-hydrogen) atoms. The monoisotopic (exact) mass is 528 g/mol. The number of anilines is 1. The predicted molar refractivity (Wildman–Crippen MR) is 120 cm³/mol. The molecule has 0 fully saturated rings. The molecule has 0 saturated carbocycles. The fourth-order valence-corrected chi connectivity index (χ4v) is 4.01. The summed E-state index contributed by atoms with van der Waals surface area (Å²) in [6.45, 7) is 0.462. The Morgan fingerprint density at radius 3 is 2.61 bits per heavy atom. The smallest absolute Gasteiger partial charge is 0.416 e. The van der Waals surface area contributed by atoms with Crippen LogP contribution in [0, 0.1) is 10.1 Å². The highest BCUT2D eigenvalue weighted by molar-refractivity contribution is 7.10. The lowest BCUT2D eigenvalue weighted by atomic mass is 10.0. The Labute approximate surface area is 205 Å². The molecular weight excluding hydrogens is 509 g/mol. The second kappa shape index (κ2) is 11.1. The van der Waals surface area contributed by atoms with Crippen molar-refractivity contribution < 1.29 is 42.0 Å². The second-order valence-electron chi connectivity index (χ2n) is 7.16. The van der Waals surface area contributed by atoms with E-state index < -0.39 is 59.5 Å². The normalized spacial score (nSPS) is 15.6. The van der Waals surface area contributed by atoms with Gasteiger partial charge in [-0.25, -0.2) is 9.59 Å². The molecule has 3 N–H and O–H groups in total. The average Bonchev–Trinajstić information content (AvgIpc) is 3.35. The van der Waals surface area contributed by atoms with Crippen molar-refractivity contribution in [3.05, 3.63) is 67.5 Å². The number of hydrogen-bond donors (Lipinski definition) is 3. The largest absolute Gasteiger partial charge is 0.463 e. The van der Waals surface area contributed by atoms with Crippen LogP contribution in [0.5, 0.6) is 0 Å². The van der Waals surface area contributed by atoms with Crippen LogP contribution in [0.4, 0.5) is 29.3 Å². The number of hydrogen-bond acceptors (Lipinski definition) is 9. The van der Waals surface area contributed by atoms with E-state index in [0.717, 1.165) is 6.07 Å². The third kappa shape index (κ3) is 6.29. The Bertz CT molecular complexity index is 1200. The zero-order chi connectivity index (χ0) is 26.5. The van der Waals surface area contributed by atoms with Gasteiger partial charge >= 0.3 is 24.1 Å². The summed E-state index contributed by atoms with van der Waals surface area (Å²) in [7, 11) is 0. The van der Waals surface area contributed by atoms with Gasteiger partial charge in [0.05, 0.1) is 34.4 Å². The summed E-state index contributed by atoms with van der Waals surface area (Å²) in [6.07, 6.45) is -4.78. The molecule has 0 aliphatic carbocycles. The van der Waals surface area contributed by atoms with Crippen molar-refractivity contribution in [1.82, 2.24) is 10.6 Å². The van der Waals surface area contributed by atoms with E-state index >= 15 is 0 Å². The summed E-state index contributed by atoms with van der Waals surface area (Å²) in [5, 5.41) is 20.3. The molecule has 0 bridgehead atoms. The number of urea groups is 1. The van der Waals surface area contributed by atoms with Crippen molar-refractivity contribution in [1.29, 1.82) is 0 Å². The van der Waals surface area contributed by atoms with Gasteiger partial charge in [0, 0.05) is 10.9 Å². The number of benzene rings is 1. The number of nitrogens with zero attached hydrogens (tertiary/aromatic N) is 1. The summed E-state index contributed by atoms with van der Waals surface area (Å²) < 4.78 is 48.7. The molecular formula is C21H19F3N4O7S. The van der Waals surface area contributed by atoms with E-state index in [-0.39, 0.29) is 23.6 Å².